The molecule has 0 spiro atoms. The van der Waals surface area contributed by atoms with E-state index in [2.05, 4.69) is 0 Å². The third-order valence-corrected chi connectivity index (χ3v) is 4.40. The van der Waals surface area contributed by atoms with Crippen molar-refractivity contribution < 1.29 is 24.1 Å². The first-order valence-electron chi connectivity index (χ1n) is 8.72. The number of aliphatic hydroxyl groups excluding tert-OH is 1. The molecule has 138 valence electrons. The lowest BCUT2D eigenvalue weighted by Gasteiger charge is -2.23. The lowest BCUT2D eigenvalue weighted by molar-refractivity contribution is -0.131. The molecule has 2 aliphatic heterocycles. The zero-order valence-electron chi connectivity index (χ0n) is 14.6. The van der Waals surface area contributed by atoms with E-state index in [0.29, 0.717) is 19.7 Å². The summed E-state index contributed by atoms with van der Waals surface area (Å²) in [5.41, 5.74) is 0.967. The summed E-state index contributed by atoms with van der Waals surface area (Å²) in [6.45, 7) is 3.31. The quantitative estimate of drug-likeness (QED) is 0.749. The van der Waals surface area contributed by atoms with E-state index < -0.39 is 6.10 Å². The van der Waals surface area contributed by atoms with E-state index in [1.165, 1.54) is 0 Å². The van der Waals surface area contributed by atoms with E-state index in [9.17, 15) is 9.90 Å². The summed E-state index contributed by atoms with van der Waals surface area (Å²) in [5, 5.41) is 10.1. The molecule has 1 fully saturated rings. The summed E-state index contributed by atoms with van der Waals surface area (Å²) in [6.07, 6.45) is 1.54. The number of nitrogens with zero attached hydrogens (tertiary/aromatic N) is 2. The molecular formula is C18H26N2O5. The fourth-order valence-corrected chi connectivity index (χ4v) is 3.12. The van der Waals surface area contributed by atoms with Gasteiger partial charge in [0, 0.05) is 19.6 Å². The topological polar surface area (TPSA) is 71.5 Å². The summed E-state index contributed by atoms with van der Waals surface area (Å²) in [4.78, 5) is 15.8. The van der Waals surface area contributed by atoms with Crippen LogP contribution in [-0.2, 0) is 16.1 Å². The summed E-state index contributed by atoms with van der Waals surface area (Å²) >= 11 is 0. The Hall–Kier alpha value is -1.83. The summed E-state index contributed by atoms with van der Waals surface area (Å²) in [7, 11) is 1.84. The van der Waals surface area contributed by atoms with Crippen LogP contribution in [0.25, 0.3) is 0 Å². The number of aliphatic hydroxyl groups is 1. The zero-order chi connectivity index (χ0) is 17.6. The highest BCUT2D eigenvalue weighted by atomic mass is 16.7. The van der Waals surface area contributed by atoms with E-state index in [0.717, 1.165) is 43.0 Å². The highest BCUT2D eigenvalue weighted by Crippen LogP contribution is 2.32. The molecule has 1 aromatic rings. The molecule has 0 bridgehead atoms. The third-order valence-electron chi connectivity index (χ3n) is 4.40. The highest BCUT2D eigenvalue weighted by molar-refractivity contribution is 5.78. The maximum atomic E-state index is 12.1. The van der Waals surface area contributed by atoms with Gasteiger partial charge in [-0.2, -0.15) is 0 Å². The molecule has 0 aliphatic carbocycles. The predicted octanol–water partition coefficient (Wildman–Crippen LogP) is 0.847. The van der Waals surface area contributed by atoms with Gasteiger partial charge in [-0.05, 0) is 37.6 Å². The van der Waals surface area contributed by atoms with Crippen LogP contribution in [0.5, 0.6) is 11.5 Å². The summed E-state index contributed by atoms with van der Waals surface area (Å²) in [6, 6.07) is 5.66. The van der Waals surface area contributed by atoms with Gasteiger partial charge in [-0.1, -0.05) is 6.07 Å². The maximum absolute atomic E-state index is 12.1. The van der Waals surface area contributed by atoms with Crippen LogP contribution < -0.4 is 9.47 Å². The van der Waals surface area contributed by atoms with Crippen LogP contribution in [0.1, 0.15) is 18.4 Å². The summed E-state index contributed by atoms with van der Waals surface area (Å²) in [5.74, 6) is 1.60. The van der Waals surface area contributed by atoms with E-state index in [1.807, 2.05) is 35.0 Å². The maximum Gasteiger partial charge on any atom is 0.236 e. The van der Waals surface area contributed by atoms with Crippen LogP contribution >= 0.6 is 0 Å². The van der Waals surface area contributed by atoms with Crippen molar-refractivity contribution in [2.75, 3.05) is 46.6 Å². The van der Waals surface area contributed by atoms with Crippen molar-refractivity contribution >= 4 is 5.91 Å². The first-order valence-corrected chi connectivity index (χ1v) is 8.72. The molecule has 1 N–H and O–H groups in total. The molecule has 1 saturated heterocycles. The molecule has 7 nitrogen and oxygen atoms in total. The van der Waals surface area contributed by atoms with Gasteiger partial charge in [0.2, 0.25) is 12.7 Å². The Labute approximate surface area is 148 Å². The second-order valence-electron chi connectivity index (χ2n) is 6.64. The van der Waals surface area contributed by atoms with Gasteiger partial charge in [-0.25, -0.2) is 0 Å². The Morgan fingerprint density at radius 1 is 1.32 bits per heavy atom. The minimum atomic E-state index is -0.634. The lowest BCUT2D eigenvalue weighted by atomic mass is 10.2. The van der Waals surface area contributed by atoms with Gasteiger partial charge < -0.3 is 24.2 Å². The molecule has 25 heavy (non-hydrogen) atoms. The van der Waals surface area contributed by atoms with Crippen LogP contribution in [0.3, 0.4) is 0 Å². The second-order valence-corrected chi connectivity index (χ2v) is 6.64. The SMILES string of the molecule is CN(CC(=O)N1CCCC1)C[C@H](O)COCc1ccc2c(c1)OCO2. The average Bonchev–Trinajstić information content (AvgIpc) is 3.26. The van der Waals surface area contributed by atoms with Crippen LogP contribution in [-0.4, -0.2) is 73.5 Å². The number of carbonyl (C=O) groups is 1. The molecule has 2 aliphatic rings. The van der Waals surface area contributed by atoms with Gasteiger partial charge in [-0.15, -0.1) is 0 Å². The molecule has 2 heterocycles. The Kier molecular flexibility index (Phi) is 6.12. The number of hydrogen-bond acceptors (Lipinski definition) is 6. The molecule has 1 aromatic carbocycles. The number of likely N-dealkylation sites (N-methyl/N-ethyl adjacent to an activating group) is 1. The molecule has 0 radical (unpaired) electrons. The van der Waals surface area contributed by atoms with Crippen molar-refractivity contribution in [2.45, 2.75) is 25.6 Å². The fourth-order valence-electron chi connectivity index (χ4n) is 3.12. The minimum Gasteiger partial charge on any atom is -0.454 e. The predicted molar refractivity (Wildman–Crippen MR) is 91.5 cm³/mol. The van der Waals surface area contributed by atoms with Crippen molar-refractivity contribution in [3.63, 3.8) is 0 Å². The second kappa shape index (κ2) is 8.51. The minimum absolute atomic E-state index is 0.133. The van der Waals surface area contributed by atoms with E-state index in [-0.39, 0.29) is 19.3 Å². The molecule has 0 aromatic heterocycles. The van der Waals surface area contributed by atoms with Crippen molar-refractivity contribution in [1.29, 1.82) is 0 Å². The number of likely N-dealkylation sites (tertiary alicyclic amines) is 1. The number of fused-ring (bicyclic) bond motifs is 1. The van der Waals surface area contributed by atoms with Gasteiger partial charge in [-0.3, -0.25) is 9.69 Å². The van der Waals surface area contributed by atoms with Crippen LogP contribution in [0.15, 0.2) is 18.2 Å². The summed E-state index contributed by atoms with van der Waals surface area (Å²) < 4.78 is 16.2. The smallest absolute Gasteiger partial charge is 0.236 e. The number of ether oxygens (including phenoxy) is 3. The molecule has 0 unspecified atom stereocenters. The van der Waals surface area contributed by atoms with Crippen molar-refractivity contribution in [3.8, 4) is 11.5 Å². The molecule has 7 heteroatoms. The van der Waals surface area contributed by atoms with Crippen molar-refractivity contribution in [2.24, 2.45) is 0 Å². The van der Waals surface area contributed by atoms with Gasteiger partial charge in [0.05, 0.1) is 25.9 Å². The van der Waals surface area contributed by atoms with Crippen molar-refractivity contribution in [3.05, 3.63) is 23.8 Å². The van der Waals surface area contributed by atoms with Gasteiger partial charge in [0.25, 0.3) is 0 Å². The Balaban J connectivity index is 1.34. The van der Waals surface area contributed by atoms with Gasteiger partial charge in [0.15, 0.2) is 11.5 Å². The van der Waals surface area contributed by atoms with Gasteiger partial charge >= 0.3 is 0 Å². The monoisotopic (exact) mass is 350 g/mol. The third kappa shape index (κ3) is 5.07. The number of amides is 1. The molecular weight excluding hydrogens is 324 g/mol. The van der Waals surface area contributed by atoms with E-state index in [4.69, 9.17) is 14.2 Å². The molecule has 0 saturated carbocycles. The van der Waals surface area contributed by atoms with E-state index >= 15 is 0 Å². The molecule has 1 atom stereocenters. The van der Waals surface area contributed by atoms with Crippen molar-refractivity contribution in [1.82, 2.24) is 9.80 Å². The van der Waals surface area contributed by atoms with Crippen LogP contribution in [0.4, 0.5) is 0 Å². The normalized spacial score (nSPS) is 17.3. The molecule has 1 amide bonds. The zero-order valence-corrected chi connectivity index (χ0v) is 14.6. The fraction of sp³-hybridized carbons (Fsp3) is 0.611. The lowest BCUT2D eigenvalue weighted by Crippen LogP contribution is -2.40. The molecule has 3 rings (SSSR count). The number of hydrogen-bond donors (Lipinski definition) is 1. The standard InChI is InChI=1S/C18H26N2O5/c1-19(10-18(22)20-6-2-3-7-20)9-15(21)12-23-11-14-4-5-16-17(8-14)25-13-24-16/h4-5,8,15,21H,2-3,6-7,9-13H2,1H3/t15-/m0/s1. The van der Waals surface area contributed by atoms with E-state index in [1.54, 1.807) is 0 Å². The van der Waals surface area contributed by atoms with Crippen LogP contribution in [0.2, 0.25) is 0 Å². The average molecular weight is 350 g/mol. The Bertz CT molecular complexity index is 589. The first kappa shape index (κ1) is 18.0. The van der Waals surface area contributed by atoms with Crippen LogP contribution in [0, 0.1) is 0 Å². The Morgan fingerprint density at radius 3 is 2.88 bits per heavy atom. The number of rotatable bonds is 8. The largest absolute Gasteiger partial charge is 0.454 e. The number of benzene rings is 1. The van der Waals surface area contributed by atoms with Gasteiger partial charge in [0.1, 0.15) is 0 Å². The Morgan fingerprint density at radius 2 is 2.08 bits per heavy atom. The highest BCUT2D eigenvalue weighted by Gasteiger charge is 2.20. The first-order chi connectivity index (χ1) is 12.1. The number of carbonyl (C=O) groups excluding carboxylic acids is 1.